The monoisotopic (exact) mass is 282 g/mol. The van der Waals surface area contributed by atoms with E-state index in [9.17, 15) is 0 Å². The van der Waals surface area contributed by atoms with Crippen molar-refractivity contribution in [3.63, 3.8) is 0 Å². The van der Waals surface area contributed by atoms with E-state index in [4.69, 9.17) is 4.42 Å². The summed E-state index contributed by atoms with van der Waals surface area (Å²) >= 11 is 0. The highest BCUT2D eigenvalue weighted by atomic mass is 16.3. The normalized spacial score (nSPS) is 10.3. The van der Waals surface area contributed by atoms with Gasteiger partial charge in [-0.15, -0.1) is 5.10 Å². The fourth-order valence-corrected chi connectivity index (χ4v) is 1.73. The summed E-state index contributed by atoms with van der Waals surface area (Å²) in [5, 5.41) is 14.1. The van der Waals surface area contributed by atoms with Crippen molar-refractivity contribution < 1.29 is 4.42 Å². The molecule has 2 N–H and O–H groups in total. The van der Waals surface area contributed by atoms with Crippen LogP contribution in [0.3, 0.4) is 0 Å². The third-order valence-electron chi connectivity index (χ3n) is 2.74. The minimum atomic E-state index is 0.449. The third-order valence-corrected chi connectivity index (χ3v) is 2.74. The molecule has 106 valence electrons. The van der Waals surface area contributed by atoms with Gasteiger partial charge in [-0.2, -0.15) is 10.1 Å². The molecule has 0 fully saturated rings. The molecule has 7 heteroatoms. The zero-order valence-corrected chi connectivity index (χ0v) is 11.2. The summed E-state index contributed by atoms with van der Waals surface area (Å²) in [4.78, 5) is 8.54. The molecule has 0 aliphatic rings. The van der Waals surface area contributed by atoms with E-state index in [1.807, 2.05) is 30.3 Å². The Bertz CT molecular complexity index is 671. The molecule has 3 aromatic rings. The second kappa shape index (κ2) is 6.47. The lowest BCUT2D eigenvalue weighted by Crippen LogP contribution is -2.08. The predicted octanol–water partition coefficient (Wildman–Crippen LogP) is 2.08. The number of aromatic nitrogens is 4. The first-order chi connectivity index (χ1) is 10.4. The molecule has 0 bridgehead atoms. The lowest BCUT2D eigenvalue weighted by molar-refractivity contribution is 0.517. The van der Waals surface area contributed by atoms with Crippen LogP contribution in [0.5, 0.6) is 0 Å². The van der Waals surface area contributed by atoms with Gasteiger partial charge in [0.15, 0.2) is 5.82 Å². The third kappa shape index (κ3) is 3.75. The highest BCUT2D eigenvalue weighted by Crippen LogP contribution is 2.08. The maximum atomic E-state index is 5.24. The molecule has 3 rings (SSSR count). The molecule has 0 atom stereocenters. The second-order valence-corrected chi connectivity index (χ2v) is 4.27. The topological polar surface area (TPSA) is 88.8 Å². The predicted molar refractivity (Wildman–Crippen MR) is 77.4 cm³/mol. The van der Waals surface area contributed by atoms with Crippen LogP contribution in [0.1, 0.15) is 11.5 Å². The zero-order chi connectivity index (χ0) is 14.3. The van der Waals surface area contributed by atoms with Gasteiger partial charge in [-0.05, 0) is 24.3 Å². The molecule has 21 heavy (non-hydrogen) atoms. The maximum absolute atomic E-state index is 5.24. The van der Waals surface area contributed by atoms with E-state index in [0.717, 1.165) is 11.5 Å². The minimum absolute atomic E-state index is 0.449. The van der Waals surface area contributed by atoms with Gasteiger partial charge < -0.3 is 15.1 Å². The Labute approximate surface area is 121 Å². The molecule has 0 radical (unpaired) electrons. The summed E-state index contributed by atoms with van der Waals surface area (Å²) in [7, 11) is 0. The quantitative estimate of drug-likeness (QED) is 0.715. The van der Waals surface area contributed by atoms with Gasteiger partial charge in [0.05, 0.1) is 31.2 Å². The Balaban J connectivity index is 1.58. The largest absolute Gasteiger partial charge is 0.467 e. The van der Waals surface area contributed by atoms with Crippen molar-refractivity contribution in [3.8, 4) is 0 Å². The first kappa shape index (κ1) is 13.0. The summed E-state index contributed by atoms with van der Waals surface area (Å²) in [6.45, 7) is 1.09. The number of pyridine rings is 1. The summed E-state index contributed by atoms with van der Waals surface area (Å²) in [5.41, 5.74) is 0.912. The summed E-state index contributed by atoms with van der Waals surface area (Å²) < 4.78 is 5.24. The van der Waals surface area contributed by atoms with Crippen molar-refractivity contribution in [1.29, 1.82) is 0 Å². The van der Waals surface area contributed by atoms with Crippen LogP contribution in [0.15, 0.2) is 53.4 Å². The van der Waals surface area contributed by atoms with E-state index in [1.165, 1.54) is 0 Å². The standard InChI is InChI=1S/C14H14N6O/c1-2-6-15-11(4-1)8-17-14-19-13(10-18-20-14)16-9-12-5-3-7-21-12/h1-7,10H,8-9H2,(H2,16,17,19,20). The molecule has 0 amide bonds. The fraction of sp³-hybridized carbons (Fsp3) is 0.143. The minimum Gasteiger partial charge on any atom is -0.467 e. The van der Waals surface area contributed by atoms with E-state index < -0.39 is 0 Å². The Morgan fingerprint density at radius 3 is 2.86 bits per heavy atom. The number of furan rings is 1. The molecule has 3 heterocycles. The van der Waals surface area contributed by atoms with Gasteiger partial charge in [-0.3, -0.25) is 4.98 Å². The number of hydrogen-bond donors (Lipinski definition) is 2. The van der Waals surface area contributed by atoms with Crippen molar-refractivity contribution in [2.24, 2.45) is 0 Å². The second-order valence-electron chi connectivity index (χ2n) is 4.27. The van der Waals surface area contributed by atoms with Gasteiger partial charge in [-0.1, -0.05) is 6.07 Å². The van der Waals surface area contributed by atoms with Crippen molar-refractivity contribution in [3.05, 3.63) is 60.4 Å². The lowest BCUT2D eigenvalue weighted by atomic mass is 10.3. The van der Waals surface area contributed by atoms with Gasteiger partial charge >= 0.3 is 0 Å². The summed E-state index contributed by atoms with van der Waals surface area (Å²) in [6, 6.07) is 9.47. The Kier molecular flexibility index (Phi) is 4.02. The zero-order valence-electron chi connectivity index (χ0n) is 11.2. The molecule has 0 saturated heterocycles. The SMILES string of the molecule is c1ccc(CNc2nncc(NCc3ccco3)n2)nc1. The molecule has 0 aliphatic heterocycles. The maximum Gasteiger partial charge on any atom is 0.245 e. The van der Waals surface area contributed by atoms with E-state index >= 15 is 0 Å². The molecule has 0 aliphatic carbocycles. The molecule has 7 nitrogen and oxygen atoms in total. The van der Waals surface area contributed by atoms with Gasteiger partial charge in [-0.25, -0.2) is 0 Å². The van der Waals surface area contributed by atoms with E-state index in [2.05, 4.69) is 30.8 Å². The number of hydrogen-bond acceptors (Lipinski definition) is 7. The first-order valence-electron chi connectivity index (χ1n) is 6.50. The highest BCUT2D eigenvalue weighted by Gasteiger charge is 2.02. The molecule has 0 unspecified atom stereocenters. The van der Waals surface area contributed by atoms with Crippen molar-refractivity contribution in [1.82, 2.24) is 20.2 Å². The van der Waals surface area contributed by atoms with Gasteiger partial charge in [0.2, 0.25) is 5.95 Å². The molecule has 3 aromatic heterocycles. The van der Waals surface area contributed by atoms with Crippen molar-refractivity contribution >= 4 is 11.8 Å². The molecule has 0 spiro atoms. The van der Waals surface area contributed by atoms with Crippen LogP contribution in [-0.2, 0) is 13.1 Å². The van der Waals surface area contributed by atoms with Gasteiger partial charge in [0, 0.05) is 6.20 Å². The van der Waals surface area contributed by atoms with Crippen LogP contribution in [0.2, 0.25) is 0 Å². The van der Waals surface area contributed by atoms with Gasteiger partial charge in [0.1, 0.15) is 5.76 Å². The first-order valence-corrected chi connectivity index (χ1v) is 6.50. The van der Waals surface area contributed by atoms with Crippen LogP contribution in [0.4, 0.5) is 11.8 Å². The number of nitrogens with one attached hydrogen (secondary N) is 2. The summed E-state index contributed by atoms with van der Waals surface area (Å²) in [5.74, 6) is 1.91. The van der Waals surface area contributed by atoms with Gasteiger partial charge in [0.25, 0.3) is 0 Å². The smallest absolute Gasteiger partial charge is 0.245 e. The highest BCUT2D eigenvalue weighted by molar-refractivity contribution is 5.37. The number of anilines is 2. The Hall–Kier alpha value is -2.96. The van der Waals surface area contributed by atoms with Crippen LogP contribution in [-0.4, -0.2) is 20.2 Å². The van der Waals surface area contributed by atoms with Crippen LogP contribution < -0.4 is 10.6 Å². The van der Waals surface area contributed by atoms with E-state index in [0.29, 0.717) is 24.9 Å². The Morgan fingerprint density at radius 2 is 2.05 bits per heavy atom. The average molecular weight is 282 g/mol. The summed E-state index contributed by atoms with van der Waals surface area (Å²) in [6.07, 6.45) is 4.95. The Morgan fingerprint density at radius 1 is 1.05 bits per heavy atom. The lowest BCUT2D eigenvalue weighted by Gasteiger charge is -2.06. The fourth-order valence-electron chi connectivity index (χ4n) is 1.73. The van der Waals surface area contributed by atoms with Crippen LogP contribution in [0, 0.1) is 0 Å². The molecule has 0 aromatic carbocycles. The number of rotatable bonds is 6. The van der Waals surface area contributed by atoms with Crippen LogP contribution >= 0.6 is 0 Å². The average Bonchev–Trinajstić information content (AvgIpc) is 3.06. The van der Waals surface area contributed by atoms with Crippen molar-refractivity contribution in [2.45, 2.75) is 13.1 Å². The molecular weight excluding hydrogens is 268 g/mol. The van der Waals surface area contributed by atoms with Crippen LogP contribution in [0.25, 0.3) is 0 Å². The molecular formula is C14H14N6O. The molecule has 0 saturated carbocycles. The van der Waals surface area contributed by atoms with E-state index in [-0.39, 0.29) is 0 Å². The van der Waals surface area contributed by atoms with Crippen molar-refractivity contribution in [2.75, 3.05) is 10.6 Å². The number of nitrogens with zero attached hydrogens (tertiary/aromatic N) is 4. The van der Waals surface area contributed by atoms with E-state index in [1.54, 1.807) is 18.7 Å².